The lowest BCUT2D eigenvalue weighted by Gasteiger charge is -2.10. The monoisotopic (exact) mass is 271 g/mol. The van der Waals surface area contributed by atoms with Gasteiger partial charge in [-0.3, -0.25) is 0 Å². The Hall–Kier alpha value is -2.35. The van der Waals surface area contributed by atoms with Crippen LogP contribution in [-0.4, -0.2) is 10.1 Å². The van der Waals surface area contributed by atoms with Crippen molar-refractivity contribution in [1.29, 1.82) is 5.26 Å². The molecule has 2 rings (SSSR count). The molecule has 0 bridgehead atoms. The van der Waals surface area contributed by atoms with Gasteiger partial charge >= 0.3 is 0 Å². The van der Waals surface area contributed by atoms with E-state index in [4.69, 9.17) is 14.5 Å². The Morgan fingerprint density at radius 1 is 1.30 bits per heavy atom. The second-order valence-electron chi connectivity index (χ2n) is 5.04. The van der Waals surface area contributed by atoms with Crippen molar-refractivity contribution in [2.75, 3.05) is 0 Å². The summed E-state index contributed by atoms with van der Waals surface area (Å²) in [5.74, 6) is 2.12. The molecule has 2 aromatic rings. The number of aromatic nitrogens is 2. The van der Waals surface area contributed by atoms with E-state index in [1.165, 1.54) is 0 Å². The first-order valence-electron chi connectivity index (χ1n) is 6.48. The minimum absolute atomic E-state index is 0.228. The average molecular weight is 271 g/mol. The van der Waals surface area contributed by atoms with Crippen LogP contribution < -0.4 is 4.74 Å². The normalized spacial score (nSPS) is 10.6. The van der Waals surface area contributed by atoms with Crippen molar-refractivity contribution in [2.24, 2.45) is 0 Å². The third-order valence-corrected chi connectivity index (χ3v) is 2.93. The van der Waals surface area contributed by atoms with E-state index in [9.17, 15) is 0 Å². The van der Waals surface area contributed by atoms with Crippen LogP contribution in [0.3, 0.4) is 0 Å². The molecule has 0 saturated carbocycles. The highest BCUT2D eigenvalue weighted by Crippen LogP contribution is 2.25. The summed E-state index contributed by atoms with van der Waals surface area (Å²) in [6.07, 6.45) is 0. The highest BCUT2D eigenvalue weighted by Gasteiger charge is 2.12. The third kappa shape index (κ3) is 2.97. The molecule has 0 radical (unpaired) electrons. The van der Waals surface area contributed by atoms with Crippen LogP contribution in [0.5, 0.6) is 5.75 Å². The molecule has 0 atom stereocenters. The van der Waals surface area contributed by atoms with Crippen LogP contribution in [-0.2, 0) is 6.61 Å². The highest BCUT2D eigenvalue weighted by molar-refractivity contribution is 5.47. The van der Waals surface area contributed by atoms with Crippen molar-refractivity contribution in [3.8, 4) is 11.8 Å². The molecule has 1 aromatic heterocycles. The van der Waals surface area contributed by atoms with Gasteiger partial charge in [0, 0.05) is 5.92 Å². The average Bonchev–Trinajstić information content (AvgIpc) is 2.86. The lowest BCUT2D eigenvalue weighted by Crippen LogP contribution is -2.00. The summed E-state index contributed by atoms with van der Waals surface area (Å²) in [6, 6.07) is 5.73. The van der Waals surface area contributed by atoms with Crippen molar-refractivity contribution in [3.63, 3.8) is 0 Å². The molecule has 104 valence electrons. The summed E-state index contributed by atoms with van der Waals surface area (Å²) in [5.41, 5.74) is 2.47. The van der Waals surface area contributed by atoms with E-state index < -0.39 is 0 Å². The van der Waals surface area contributed by atoms with Gasteiger partial charge < -0.3 is 9.26 Å². The second kappa shape index (κ2) is 5.74. The summed E-state index contributed by atoms with van der Waals surface area (Å²) in [6.45, 7) is 8.06. The Kier molecular flexibility index (Phi) is 4.04. The maximum absolute atomic E-state index is 8.92. The van der Waals surface area contributed by atoms with Gasteiger partial charge in [0.15, 0.2) is 12.4 Å². The number of aryl methyl sites for hydroxylation is 2. The summed E-state index contributed by atoms with van der Waals surface area (Å²) >= 11 is 0. The Morgan fingerprint density at radius 3 is 2.45 bits per heavy atom. The number of benzene rings is 1. The number of hydrogen-bond acceptors (Lipinski definition) is 5. The predicted molar refractivity (Wildman–Crippen MR) is 73.4 cm³/mol. The first-order valence-corrected chi connectivity index (χ1v) is 6.48. The van der Waals surface area contributed by atoms with E-state index in [2.05, 4.69) is 16.2 Å². The third-order valence-electron chi connectivity index (χ3n) is 2.93. The minimum atomic E-state index is 0.228. The first-order chi connectivity index (χ1) is 9.51. The summed E-state index contributed by atoms with van der Waals surface area (Å²) in [4.78, 5) is 4.26. The van der Waals surface area contributed by atoms with E-state index >= 15 is 0 Å². The van der Waals surface area contributed by atoms with Crippen molar-refractivity contribution >= 4 is 0 Å². The lowest BCUT2D eigenvalue weighted by molar-refractivity contribution is 0.240. The molecule has 0 unspecified atom stereocenters. The summed E-state index contributed by atoms with van der Waals surface area (Å²) < 4.78 is 10.9. The molecule has 0 aliphatic heterocycles. The van der Waals surface area contributed by atoms with Gasteiger partial charge in [-0.2, -0.15) is 10.2 Å². The maximum atomic E-state index is 8.92. The number of rotatable bonds is 4. The fourth-order valence-corrected chi connectivity index (χ4v) is 1.94. The van der Waals surface area contributed by atoms with Crippen LogP contribution in [0.4, 0.5) is 0 Å². The molecule has 5 nitrogen and oxygen atoms in total. The lowest BCUT2D eigenvalue weighted by atomic mass is 10.1. The van der Waals surface area contributed by atoms with Gasteiger partial charge in [0.2, 0.25) is 0 Å². The molecule has 0 amide bonds. The highest BCUT2D eigenvalue weighted by atomic mass is 16.5. The summed E-state index contributed by atoms with van der Waals surface area (Å²) in [7, 11) is 0. The number of hydrogen-bond donors (Lipinski definition) is 0. The number of ether oxygens (including phenoxy) is 1. The molecule has 0 N–H and O–H groups in total. The molecule has 0 fully saturated rings. The Labute approximate surface area is 118 Å². The number of nitriles is 1. The largest absolute Gasteiger partial charge is 0.483 e. The maximum Gasteiger partial charge on any atom is 0.264 e. The van der Waals surface area contributed by atoms with Crippen molar-refractivity contribution in [1.82, 2.24) is 10.1 Å². The predicted octanol–water partition coefficient (Wildman–Crippen LogP) is 3.26. The van der Waals surface area contributed by atoms with Crippen LogP contribution in [0.1, 0.15) is 48.2 Å². The summed E-state index contributed by atoms with van der Waals surface area (Å²) in [5, 5.41) is 12.8. The van der Waals surface area contributed by atoms with Gasteiger partial charge in [-0.15, -0.1) is 0 Å². The van der Waals surface area contributed by atoms with E-state index in [1.807, 2.05) is 27.7 Å². The number of nitrogens with zero attached hydrogens (tertiary/aromatic N) is 3. The Balaban J connectivity index is 2.13. The van der Waals surface area contributed by atoms with Crippen LogP contribution in [0.25, 0.3) is 0 Å². The zero-order valence-corrected chi connectivity index (χ0v) is 12.1. The molecule has 20 heavy (non-hydrogen) atoms. The molecule has 0 spiro atoms. The first kappa shape index (κ1) is 14.1. The van der Waals surface area contributed by atoms with Gasteiger partial charge in [0.25, 0.3) is 5.89 Å². The van der Waals surface area contributed by atoms with Gasteiger partial charge in [-0.25, -0.2) is 0 Å². The van der Waals surface area contributed by atoms with Gasteiger partial charge in [0.05, 0.1) is 11.6 Å². The van der Waals surface area contributed by atoms with Crippen LogP contribution in [0.2, 0.25) is 0 Å². The van der Waals surface area contributed by atoms with Crippen molar-refractivity contribution < 1.29 is 9.26 Å². The van der Waals surface area contributed by atoms with Gasteiger partial charge in [-0.05, 0) is 37.1 Å². The van der Waals surface area contributed by atoms with E-state index in [0.717, 1.165) is 16.9 Å². The van der Waals surface area contributed by atoms with Crippen molar-refractivity contribution in [2.45, 2.75) is 40.2 Å². The molecule has 1 heterocycles. The zero-order valence-electron chi connectivity index (χ0n) is 12.1. The fraction of sp³-hybridized carbons (Fsp3) is 0.400. The Bertz CT molecular complexity index is 630. The SMILES string of the molecule is Cc1cc(C#N)cc(C)c1OCc1nc(C(C)C)no1. The molecule has 0 aliphatic rings. The zero-order chi connectivity index (χ0) is 14.7. The van der Waals surface area contributed by atoms with Gasteiger partial charge in [0.1, 0.15) is 5.75 Å². The molecular formula is C15H17N3O2. The molecule has 1 aromatic carbocycles. The quantitative estimate of drug-likeness (QED) is 0.853. The van der Waals surface area contributed by atoms with Gasteiger partial charge in [-0.1, -0.05) is 19.0 Å². The fourth-order valence-electron chi connectivity index (χ4n) is 1.94. The molecule has 0 saturated heterocycles. The second-order valence-corrected chi connectivity index (χ2v) is 5.04. The van der Waals surface area contributed by atoms with Crippen LogP contribution >= 0.6 is 0 Å². The van der Waals surface area contributed by atoms with E-state index in [-0.39, 0.29) is 12.5 Å². The minimum Gasteiger partial charge on any atom is -0.483 e. The van der Waals surface area contributed by atoms with E-state index in [0.29, 0.717) is 17.3 Å². The van der Waals surface area contributed by atoms with E-state index in [1.54, 1.807) is 12.1 Å². The van der Waals surface area contributed by atoms with Crippen LogP contribution in [0.15, 0.2) is 16.7 Å². The molecule has 0 aliphatic carbocycles. The molecular weight excluding hydrogens is 254 g/mol. The standard InChI is InChI=1S/C15H17N3O2/c1-9(2)15-17-13(20-18-15)8-19-14-10(3)5-12(7-16)6-11(14)4/h5-6,9H,8H2,1-4H3. The van der Waals surface area contributed by atoms with Crippen LogP contribution in [0, 0.1) is 25.2 Å². The smallest absolute Gasteiger partial charge is 0.264 e. The Morgan fingerprint density at radius 2 is 1.95 bits per heavy atom. The topological polar surface area (TPSA) is 71.9 Å². The molecule has 5 heteroatoms. The van der Waals surface area contributed by atoms with Crippen molar-refractivity contribution in [3.05, 3.63) is 40.5 Å².